The third-order valence-corrected chi connectivity index (χ3v) is 5.74. The van der Waals surface area contributed by atoms with Crippen LogP contribution in [0.5, 0.6) is 0 Å². The molecule has 0 atom stereocenters. The van der Waals surface area contributed by atoms with E-state index < -0.39 is 0 Å². The summed E-state index contributed by atoms with van der Waals surface area (Å²) in [4.78, 5) is 23.9. The zero-order valence-electron chi connectivity index (χ0n) is 16.1. The molecule has 29 heavy (non-hydrogen) atoms. The van der Waals surface area contributed by atoms with Gasteiger partial charge in [0.2, 0.25) is 5.76 Å². The van der Waals surface area contributed by atoms with Gasteiger partial charge in [0.15, 0.2) is 11.5 Å². The first-order chi connectivity index (χ1) is 14.3. The van der Waals surface area contributed by atoms with Gasteiger partial charge in [0.05, 0.1) is 6.26 Å². The molecule has 5 rings (SSSR count). The Balaban J connectivity index is 1.20. The molecule has 1 aliphatic heterocycles. The molecule has 8 heteroatoms. The number of fused-ring (bicyclic) bond motifs is 1. The predicted octanol–water partition coefficient (Wildman–Crippen LogP) is 3.00. The van der Waals surface area contributed by atoms with E-state index in [1.54, 1.807) is 30.8 Å². The number of aromatic nitrogens is 3. The molecule has 1 saturated heterocycles. The molecule has 0 radical (unpaired) electrons. The number of anilines is 1. The summed E-state index contributed by atoms with van der Waals surface area (Å²) in [5.74, 6) is 1.87. The number of hydrogen-bond donors (Lipinski definition) is 1. The third-order valence-electron chi connectivity index (χ3n) is 5.74. The fraction of sp³-hybridized carbons (Fsp3) is 0.429. The SMILES string of the molecule is O=C(NC1CCN(c2ncnc3c2CCCC3)CC1)c1cc(-c2ccco2)on1. The molecule has 0 unspecified atom stereocenters. The first-order valence-corrected chi connectivity index (χ1v) is 10.2. The van der Waals surface area contributed by atoms with E-state index in [1.165, 1.54) is 24.1 Å². The average Bonchev–Trinajstić information content (AvgIpc) is 3.46. The molecule has 4 heterocycles. The van der Waals surface area contributed by atoms with Crippen LogP contribution in [-0.4, -0.2) is 40.2 Å². The topological polar surface area (TPSA) is 97.3 Å². The van der Waals surface area contributed by atoms with Crippen LogP contribution in [0.25, 0.3) is 11.5 Å². The first-order valence-electron chi connectivity index (χ1n) is 10.2. The second-order valence-corrected chi connectivity index (χ2v) is 7.62. The molecule has 8 nitrogen and oxygen atoms in total. The molecule has 0 saturated carbocycles. The summed E-state index contributed by atoms with van der Waals surface area (Å²) in [6.07, 6.45) is 9.51. The molecule has 1 amide bonds. The Hall–Kier alpha value is -3.16. The van der Waals surface area contributed by atoms with Gasteiger partial charge < -0.3 is 19.2 Å². The summed E-state index contributed by atoms with van der Waals surface area (Å²) >= 11 is 0. The van der Waals surface area contributed by atoms with E-state index >= 15 is 0 Å². The summed E-state index contributed by atoms with van der Waals surface area (Å²) in [5, 5.41) is 6.95. The van der Waals surface area contributed by atoms with Crippen molar-refractivity contribution in [2.75, 3.05) is 18.0 Å². The van der Waals surface area contributed by atoms with Crippen LogP contribution in [0.1, 0.15) is 47.4 Å². The summed E-state index contributed by atoms with van der Waals surface area (Å²) in [7, 11) is 0. The Morgan fingerprint density at radius 1 is 1.14 bits per heavy atom. The molecule has 3 aromatic rings. The van der Waals surface area contributed by atoms with Crippen molar-refractivity contribution in [3.63, 3.8) is 0 Å². The van der Waals surface area contributed by atoms with Crippen molar-refractivity contribution >= 4 is 11.7 Å². The van der Waals surface area contributed by atoms with Crippen LogP contribution in [0, 0.1) is 0 Å². The molecule has 2 aliphatic rings. The monoisotopic (exact) mass is 393 g/mol. The maximum Gasteiger partial charge on any atom is 0.273 e. The van der Waals surface area contributed by atoms with Gasteiger partial charge >= 0.3 is 0 Å². The maximum atomic E-state index is 12.5. The lowest BCUT2D eigenvalue weighted by atomic mass is 9.95. The van der Waals surface area contributed by atoms with E-state index in [2.05, 4.69) is 25.3 Å². The van der Waals surface area contributed by atoms with Crippen molar-refractivity contribution in [3.8, 4) is 11.5 Å². The number of furan rings is 1. The molecule has 0 aromatic carbocycles. The highest BCUT2D eigenvalue weighted by atomic mass is 16.5. The van der Waals surface area contributed by atoms with Gasteiger partial charge in [-0.2, -0.15) is 0 Å². The molecule has 3 aromatic heterocycles. The number of carbonyl (C=O) groups excluding carboxylic acids is 1. The Morgan fingerprint density at radius 2 is 2.00 bits per heavy atom. The van der Waals surface area contributed by atoms with Gasteiger partial charge in [-0.3, -0.25) is 4.79 Å². The minimum atomic E-state index is -0.218. The quantitative estimate of drug-likeness (QED) is 0.728. The van der Waals surface area contributed by atoms with Crippen molar-refractivity contribution in [2.45, 2.75) is 44.6 Å². The van der Waals surface area contributed by atoms with Crippen LogP contribution in [0.3, 0.4) is 0 Å². The number of carbonyl (C=O) groups is 1. The molecule has 0 spiro atoms. The summed E-state index contributed by atoms with van der Waals surface area (Å²) in [5.41, 5.74) is 2.79. The van der Waals surface area contributed by atoms with Crippen LogP contribution in [0.4, 0.5) is 5.82 Å². The average molecular weight is 393 g/mol. The molecular weight excluding hydrogens is 370 g/mol. The highest BCUT2D eigenvalue weighted by molar-refractivity contribution is 5.93. The van der Waals surface area contributed by atoms with Crippen LogP contribution < -0.4 is 10.2 Å². The molecule has 1 N–H and O–H groups in total. The van der Waals surface area contributed by atoms with Gasteiger partial charge in [-0.05, 0) is 50.7 Å². The first kappa shape index (κ1) is 17.9. The zero-order valence-corrected chi connectivity index (χ0v) is 16.1. The lowest BCUT2D eigenvalue weighted by Gasteiger charge is -2.34. The molecule has 1 aliphatic carbocycles. The van der Waals surface area contributed by atoms with Gasteiger partial charge in [0.1, 0.15) is 12.1 Å². The van der Waals surface area contributed by atoms with Gasteiger partial charge in [0, 0.05) is 36.5 Å². The smallest absolute Gasteiger partial charge is 0.273 e. The molecular formula is C21H23N5O3. The second kappa shape index (κ2) is 7.69. The normalized spacial score (nSPS) is 17.2. The number of nitrogens with one attached hydrogen (secondary N) is 1. The zero-order chi connectivity index (χ0) is 19.6. The van der Waals surface area contributed by atoms with E-state index in [9.17, 15) is 4.79 Å². The standard InChI is InChI=1S/C21H23N5O3/c27-21(17-12-19(29-25-17)18-6-3-11-28-18)24-14-7-9-26(10-8-14)20-15-4-1-2-5-16(15)22-13-23-20/h3,6,11-14H,1-2,4-5,7-10H2,(H,24,27). The van der Waals surface area contributed by atoms with Gasteiger partial charge in [-0.1, -0.05) is 5.16 Å². The molecule has 0 bridgehead atoms. The van der Waals surface area contributed by atoms with E-state index in [1.807, 2.05) is 0 Å². The number of aryl methyl sites for hydroxylation is 1. The van der Waals surface area contributed by atoms with Crippen LogP contribution >= 0.6 is 0 Å². The largest absolute Gasteiger partial charge is 0.461 e. The Bertz CT molecular complexity index is 990. The number of rotatable bonds is 4. The number of piperidine rings is 1. The van der Waals surface area contributed by atoms with Crippen LogP contribution in [0.15, 0.2) is 39.7 Å². The van der Waals surface area contributed by atoms with Crippen molar-refractivity contribution in [1.82, 2.24) is 20.4 Å². The van der Waals surface area contributed by atoms with E-state index in [4.69, 9.17) is 8.94 Å². The van der Waals surface area contributed by atoms with E-state index in [0.29, 0.717) is 11.5 Å². The minimum Gasteiger partial charge on any atom is -0.461 e. The Kier molecular flexibility index (Phi) is 4.75. The second-order valence-electron chi connectivity index (χ2n) is 7.62. The van der Waals surface area contributed by atoms with Crippen molar-refractivity contribution in [2.24, 2.45) is 0 Å². The lowest BCUT2D eigenvalue weighted by Crippen LogP contribution is -2.45. The fourth-order valence-corrected chi connectivity index (χ4v) is 4.19. The van der Waals surface area contributed by atoms with Crippen molar-refractivity contribution in [3.05, 3.63) is 47.7 Å². The maximum absolute atomic E-state index is 12.5. The van der Waals surface area contributed by atoms with Crippen LogP contribution in [0.2, 0.25) is 0 Å². The van der Waals surface area contributed by atoms with Gasteiger partial charge in [0.25, 0.3) is 5.91 Å². The van der Waals surface area contributed by atoms with Gasteiger partial charge in [-0.25, -0.2) is 9.97 Å². The highest BCUT2D eigenvalue weighted by Crippen LogP contribution is 2.29. The number of nitrogens with zero attached hydrogens (tertiary/aromatic N) is 4. The van der Waals surface area contributed by atoms with Crippen LogP contribution in [-0.2, 0) is 12.8 Å². The van der Waals surface area contributed by atoms with Crippen molar-refractivity contribution in [1.29, 1.82) is 0 Å². The summed E-state index contributed by atoms with van der Waals surface area (Å²) in [6.45, 7) is 1.73. The highest BCUT2D eigenvalue weighted by Gasteiger charge is 2.26. The van der Waals surface area contributed by atoms with Gasteiger partial charge in [-0.15, -0.1) is 0 Å². The Labute approximate surface area is 168 Å². The lowest BCUT2D eigenvalue weighted by molar-refractivity contribution is 0.0922. The van der Waals surface area contributed by atoms with E-state index in [0.717, 1.165) is 44.6 Å². The predicted molar refractivity (Wildman–Crippen MR) is 106 cm³/mol. The Morgan fingerprint density at radius 3 is 2.83 bits per heavy atom. The number of amides is 1. The number of hydrogen-bond acceptors (Lipinski definition) is 7. The minimum absolute atomic E-state index is 0.111. The molecule has 150 valence electrons. The fourth-order valence-electron chi connectivity index (χ4n) is 4.19. The summed E-state index contributed by atoms with van der Waals surface area (Å²) < 4.78 is 10.5. The van der Waals surface area contributed by atoms with E-state index in [-0.39, 0.29) is 17.6 Å². The summed E-state index contributed by atoms with van der Waals surface area (Å²) in [6, 6.07) is 5.25. The third kappa shape index (κ3) is 3.62. The molecule has 1 fully saturated rings. The van der Waals surface area contributed by atoms with Crippen molar-refractivity contribution < 1.29 is 13.7 Å².